The van der Waals surface area contributed by atoms with Crippen LogP contribution in [0.15, 0.2) is 70.2 Å². The molecular formula is C22H17BrCl2N2O3. The number of nitrogens with one attached hydrogen (secondary N) is 1. The Balaban J connectivity index is 1.71. The van der Waals surface area contributed by atoms with E-state index < -0.39 is 0 Å². The lowest BCUT2D eigenvalue weighted by Gasteiger charge is -2.13. The predicted molar refractivity (Wildman–Crippen MR) is 123 cm³/mol. The van der Waals surface area contributed by atoms with Crippen LogP contribution < -0.4 is 14.9 Å². The lowest BCUT2D eigenvalue weighted by molar-refractivity contribution is 0.0954. The number of rotatable bonds is 7. The lowest BCUT2D eigenvalue weighted by atomic mass is 10.2. The highest BCUT2D eigenvalue weighted by Gasteiger charge is 2.12. The zero-order valence-corrected chi connectivity index (χ0v) is 19.0. The van der Waals surface area contributed by atoms with Crippen LogP contribution >= 0.6 is 39.1 Å². The van der Waals surface area contributed by atoms with Crippen molar-refractivity contribution in [2.75, 3.05) is 7.11 Å². The molecule has 0 aliphatic heterocycles. The second kappa shape index (κ2) is 10.5. The maximum atomic E-state index is 12.2. The van der Waals surface area contributed by atoms with Crippen LogP contribution in [-0.2, 0) is 6.61 Å². The molecule has 1 amide bonds. The Morgan fingerprint density at radius 3 is 2.67 bits per heavy atom. The number of benzene rings is 3. The minimum Gasteiger partial charge on any atom is -0.493 e. The van der Waals surface area contributed by atoms with Crippen LogP contribution in [0, 0.1) is 0 Å². The van der Waals surface area contributed by atoms with Gasteiger partial charge in [-0.1, -0.05) is 47.5 Å². The normalized spacial score (nSPS) is 10.8. The van der Waals surface area contributed by atoms with Crippen LogP contribution in [0.5, 0.6) is 11.5 Å². The number of amides is 1. The smallest absolute Gasteiger partial charge is 0.272 e. The SMILES string of the molecule is COc1cc(/C=N\NC(=O)c2ccccc2Br)cc(Cl)c1OCc1cccc(Cl)c1. The van der Waals surface area contributed by atoms with Gasteiger partial charge in [-0.25, -0.2) is 5.43 Å². The molecule has 3 aromatic rings. The highest BCUT2D eigenvalue weighted by atomic mass is 79.9. The number of ether oxygens (including phenoxy) is 2. The fourth-order valence-corrected chi connectivity index (χ4v) is 3.56. The quantitative estimate of drug-likeness (QED) is 0.310. The van der Waals surface area contributed by atoms with E-state index >= 15 is 0 Å². The van der Waals surface area contributed by atoms with Gasteiger partial charge in [-0.2, -0.15) is 5.10 Å². The van der Waals surface area contributed by atoms with E-state index in [0.717, 1.165) is 5.56 Å². The molecule has 0 saturated carbocycles. The van der Waals surface area contributed by atoms with E-state index in [1.807, 2.05) is 24.3 Å². The van der Waals surface area contributed by atoms with Gasteiger partial charge in [-0.05, 0) is 63.5 Å². The Kier molecular flexibility index (Phi) is 7.74. The van der Waals surface area contributed by atoms with E-state index in [9.17, 15) is 4.79 Å². The standard InChI is InChI=1S/C22H17BrCl2N2O3/c1-29-20-11-15(12-26-27-22(28)17-7-2-3-8-18(17)23)10-19(25)21(20)30-13-14-5-4-6-16(24)9-14/h2-12H,13H2,1H3,(H,27,28)/b26-12-. The lowest BCUT2D eigenvalue weighted by Crippen LogP contribution is -2.18. The number of methoxy groups -OCH3 is 1. The number of nitrogens with zero attached hydrogens (tertiary/aromatic N) is 1. The largest absolute Gasteiger partial charge is 0.493 e. The molecule has 3 aromatic carbocycles. The highest BCUT2D eigenvalue weighted by molar-refractivity contribution is 9.10. The zero-order chi connectivity index (χ0) is 21.5. The minimum absolute atomic E-state index is 0.284. The first-order chi connectivity index (χ1) is 14.5. The maximum absolute atomic E-state index is 12.2. The van der Waals surface area contributed by atoms with Crippen LogP contribution in [0.25, 0.3) is 0 Å². The van der Waals surface area contributed by atoms with Gasteiger partial charge in [0.1, 0.15) is 6.61 Å². The average molecular weight is 508 g/mol. The molecular weight excluding hydrogens is 491 g/mol. The molecule has 0 spiro atoms. The van der Waals surface area contributed by atoms with Gasteiger partial charge in [0.2, 0.25) is 0 Å². The van der Waals surface area contributed by atoms with Gasteiger partial charge in [0.15, 0.2) is 11.5 Å². The van der Waals surface area contributed by atoms with Crippen molar-refractivity contribution in [3.63, 3.8) is 0 Å². The van der Waals surface area contributed by atoms with Crippen LogP contribution in [0.1, 0.15) is 21.5 Å². The Morgan fingerprint density at radius 1 is 1.13 bits per heavy atom. The highest BCUT2D eigenvalue weighted by Crippen LogP contribution is 2.36. The summed E-state index contributed by atoms with van der Waals surface area (Å²) in [5, 5.41) is 4.98. The fraction of sp³-hybridized carbons (Fsp3) is 0.0909. The van der Waals surface area contributed by atoms with Gasteiger partial charge in [0, 0.05) is 9.50 Å². The molecule has 8 heteroatoms. The minimum atomic E-state index is -0.335. The molecule has 0 aliphatic carbocycles. The van der Waals surface area contributed by atoms with Crippen molar-refractivity contribution in [1.29, 1.82) is 0 Å². The molecule has 3 rings (SSSR count). The van der Waals surface area contributed by atoms with Gasteiger partial charge >= 0.3 is 0 Å². The zero-order valence-electron chi connectivity index (χ0n) is 15.9. The molecule has 0 fully saturated rings. The van der Waals surface area contributed by atoms with Gasteiger partial charge in [0.05, 0.1) is 23.9 Å². The van der Waals surface area contributed by atoms with Crippen molar-refractivity contribution in [3.8, 4) is 11.5 Å². The van der Waals surface area contributed by atoms with E-state index in [-0.39, 0.29) is 12.5 Å². The molecule has 0 atom stereocenters. The van der Waals surface area contributed by atoms with Crippen molar-refractivity contribution in [3.05, 3.63) is 91.9 Å². The molecule has 0 radical (unpaired) electrons. The fourth-order valence-electron chi connectivity index (χ4n) is 2.61. The Morgan fingerprint density at radius 2 is 1.93 bits per heavy atom. The molecule has 0 aliphatic rings. The second-order valence-corrected chi connectivity index (χ2v) is 7.83. The van der Waals surface area contributed by atoms with Crippen molar-refractivity contribution < 1.29 is 14.3 Å². The number of hydrogen-bond donors (Lipinski definition) is 1. The number of carbonyl (C=O) groups is 1. The second-order valence-electron chi connectivity index (χ2n) is 6.13. The Hall–Kier alpha value is -2.54. The van der Waals surface area contributed by atoms with Crippen molar-refractivity contribution in [2.45, 2.75) is 6.61 Å². The molecule has 5 nitrogen and oxygen atoms in total. The average Bonchev–Trinajstić information content (AvgIpc) is 2.73. The number of halogens is 3. The van der Waals surface area contributed by atoms with Crippen molar-refractivity contribution in [1.82, 2.24) is 5.43 Å². The summed E-state index contributed by atoms with van der Waals surface area (Å²) in [6.07, 6.45) is 1.48. The first-order valence-corrected chi connectivity index (χ1v) is 10.4. The summed E-state index contributed by atoms with van der Waals surface area (Å²) in [4.78, 5) is 12.2. The molecule has 0 unspecified atom stereocenters. The molecule has 0 bridgehead atoms. The first kappa shape index (κ1) is 22.2. The van der Waals surface area contributed by atoms with Crippen molar-refractivity contribution >= 4 is 51.3 Å². The molecule has 154 valence electrons. The monoisotopic (exact) mass is 506 g/mol. The van der Waals surface area contributed by atoms with Crippen LogP contribution in [0.4, 0.5) is 0 Å². The van der Waals surface area contributed by atoms with E-state index in [4.69, 9.17) is 32.7 Å². The topological polar surface area (TPSA) is 59.9 Å². The van der Waals surface area contributed by atoms with E-state index in [1.165, 1.54) is 13.3 Å². The molecule has 0 aromatic heterocycles. The van der Waals surface area contributed by atoms with Gasteiger partial charge in [-0.15, -0.1) is 0 Å². The molecule has 0 saturated heterocycles. The third-order valence-electron chi connectivity index (χ3n) is 4.02. The first-order valence-electron chi connectivity index (χ1n) is 8.80. The molecule has 0 heterocycles. The molecule has 30 heavy (non-hydrogen) atoms. The Bertz CT molecular complexity index is 1090. The summed E-state index contributed by atoms with van der Waals surface area (Å²) in [6, 6.07) is 17.8. The summed E-state index contributed by atoms with van der Waals surface area (Å²) in [6.45, 7) is 0.284. The van der Waals surface area contributed by atoms with E-state index in [1.54, 1.807) is 36.4 Å². The molecule has 1 N–H and O–H groups in total. The van der Waals surface area contributed by atoms with Crippen LogP contribution in [-0.4, -0.2) is 19.2 Å². The van der Waals surface area contributed by atoms with Crippen molar-refractivity contribution in [2.24, 2.45) is 5.10 Å². The Labute approximate surface area is 192 Å². The third kappa shape index (κ3) is 5.75. The maximum Gasteiger partial charge on any atom is 0.272 e. The predicted octanol–water partition coefficient (Wildman–Crippen LogP) is 6.11. The third-order valence-corrected chi connectivity index (χ3v) is 5.23. The number of hydrazone groups is 1. The number of carbonyl (C=O) groups excluding carboxylic acids is 1. The van der Waals surface area contributed by atoms with E-state index in [2.05, 4.69) is 26.5 Å². The number of hydrogen-bond acceptors (Lipinski definition) is 4. The van der Waals surface area contributed by atoms with Gasteiger partial charge in [0.25, 0.3) is 5.91 Å². The summed E-state index contributed by atoms with van der Waals surface area (Å²) in [5.41, 5.74) is 4.51. The van der Waals surface area contributed by atoms with Gasteiger partial charge < -0.3 is 9.47 Å². The van der Waals surface area contributed by atoms with E-state index in [0.29, 0.717) is 37.1 Å². The summed E-state index contributed by atoms with van der Waals surface area (Å²) < 4.78 is 11.9. The summed E-state index contributed by atoms with van der Waals surface area (Å²) in [7, 11) is 1.52. The van der Waals surface area contributed by atoms with Crippen LogP contribution in [0.2, 0.25) is 10.0 Å². The van der Waals surface area contributed by atoms with Gasteiger partial charge in [-0.3, -0.25) is 4.79 Å². The summed E-state index contributed by atoms with van der Waals surface area (Å²) >= 11 is 15.7. The summed E-state index contributed by atoms with van der Waals surface area (Å²) in [5.74, 6) is 0.523. The van der Waals surface area contributed by atoms with Crippen LogP contribution in [0.3, 0.4) is 0 Å².